The number of aryl methyl sites for hydroxylation is 1. The Bertz CT molecular complexity index is 732. The number of amides is 1. The molecule has 1 aromatic heterocycles. The van der Waals surface area contributed by atoms with Crippen molar-refractivity contribution >= 4 is 5.91 Å². The first-order valence-corrected chi connectivity index (χ1v) is 8.49. The molecule has 0 bridgehead atoms. The third-order valence-corrected chi connectivity index (χ3v) is 4.59. The van der Waals surface area contributed by atoms with Crippen LogP contribution in [0.2, 0.25) is 0 Å². The summed E-state index contributed by atoms with van der Waals surface area (Å²) in [5.41, 5.74) is 2.14. The summed E-state index contributed by atoms with van der Waals surface area (Å²) in [5.74, 6) is 1.71. The van der Waals surface area contributed by atoms with Gasteiger partial charge in [0.25, 0.3) is 0 Å². The molecule has 0 saturated carbocycles. The van der Waals surface area contributed by atoms with Gasteiger partial charge in [-0.25, -0.2) is 9.97 Å². The summed E-state index contributed by atoms with van der Waals surface area (Å²) in [7, 11) is 1.66. The smallest absolute Gasteiger partial charge is 0.220 e. The normalized spacial score (nSPS) is 18.2. The second kappa shape index (κ2) is 7.61. The Morgan fingerprint density at radius 3 is 2.64 bits per heavy atom. The molecule has 3 rings (SSSR count). The van der Waals surface area contributed by atoms with Crippen LogP contribution in [0.15, 0.2) is 36.5 Å². The van der Waals surface area contributed by atoms with E-state index in [1.54, 1.807) is 20.2 Å². The highest BCUT2D eigenvalue weighted by Gasteiger charge is 2.30. The molecule has 0 N–H and O–H groups in total. The van der Waals surface area contributed by atoms with Gasteiger partial charge in [-0.1, -0.05) is 12.1 Å². The van der Waals surface area contributed by atoms with Crippen molar-refractivity contribution < 1.29 is 9.53 Å². The van der Waals surface area contributed by atoms with Crippen LogP contribution in [0.5, 0.6) is 5.75 Å². The minimum atomic E-state index is 0.0418. The van der Waals surface area contributed by atoms with Gasteiger partial charge in [-0.15, -0.1) is 0 Å². The number of carbonyl (C=O) groups excluding carboxylic acids is 1. The van der Waals surface area contributed by atoms with Crippen LogP contribution in [-0.2, 0) is 11.3 Å². The van der Waals surface area contributed by atoms with Crippen LogP contribution >= 0.6 is 0 Å². The second-order valence-electron chi connectivity index (χ2n) is 6.33. The molecule has 1 amide bonds. The predicted molar refractivity (Wildman–Crippen MR) is 95.2 cm³/mol. The number of hydrogen-bond acceptors (Lipinski definition) is 5. The van der Waals surface area contributed by atoms with Crippen molar-refractivity contribution in [2.75, 3.05) is 26.7 Å². The van der Waals surface area contributed by atoms with Crippen molar-refractivity contribution in [3.8, 4) is 5.75 Å². The monoisotopic (exact) mass is 340 g/mol. The predicted octanol–water partition coefficient (Wildman–Crippen LogP) is 2.20. The molecule has 1 fully saturated rings. The number of benzene rings is 1. The van der Waals surface area contributed by atoms with Crippen molar-refractivity contribution in [1.29, 1.82) is 0 Å². The molecule has 0 aliphatic carbocycles. The summed E-state index contributed by atoms with van der Waals surface area (Å²) < 4.78 is 5.24. The van der Waals surface area contributed by atoms with Crippen LogP contribution in [0.25, 0.3) is 0 Å². The Labute approximate surface area is 148 Å². The second-order valence-corrected chi connectivity index (χ2v) is 6.33. The van der Waals surface area contributed by atoms with E-state index in [-0.39, 0.29) is 11.9 Å². The average Bonchev–Trinajstić information content (AvgIpc) is 2.61. The number of rotatable bonds is 4. The van der Waals surface area contributed by atoms with Crippen LogP contribution in [0, 0.1) is 6.92 Å². The van der Waals surface area contributed by atoms with E-state index in [1.807, 2.05) is 42.2 Å². The fourth-order valence-corrected chi connectivity index (χ4v) is 3.29. The fraction of sp³-hybridized carbons (Fsp3) is 0.421. The van der Waals surface area contributed by atoms with E-state index >= 15 is 0 Å². The number of hydrogen-bond donors (Lipinski definition) is 0. The largest absolute Gasteiger partial charge is 0.497 e. The van der Waals surface area contributed by atoms with Crippen LogP contribution in [0.3, 0.4) is 0 Å². The number of ether oxygens (including phenoxy) is 1. The zero-order chi connectivity index (χ0) is 17.8. The highest BCUT2D eigenvalue weighted by Crippen LogP contribution is 2.27. The lowest BCUT2D eigenvalue weighted by atomic mass is 10.0. The maximum Gasteiger partial charge on any atom is 0.220 e. The molecule has 0 spiro atoms. The van der Waals surface area contributed by atoms with Gasteiger partial charge in [0.05, 0.1) is 18.8 Å². The lowest BCUT2D eigenvalue weighted by Crippen LogP contribution is -2.49. The van der Waals surface area contributed by atoms with Gasteiger partial charge in [-0.2, -0.15) is 0 Å². The molecule has 0 unspecified atom stereocenters. The van der Waals surface area contributed by atoms with Crippen LogP contribution in [0.1, 0.15) is 30.0 Å². The molecular weight excluding hydrogens is 316 g/mol. The first-order valence-electron chi connectivity index (χ1n) is 8.49. The SMILES string of the molecule is COc1ccc([C@H]2CN(Cc3ccnc(C)n3)CCN2C(C)=O)cc1. The van der Waals surface area contributed by atoms with E-state index in [1.165, 1.54) is 0 Å². The molecule has 1 atom stereocenters. The number of nitrogens with zero attached hydrogens (tertiary/aromatic N) is 4. The molecule has 1 saturated heterocycles. The van der Waals surface area contributed by atoms with E-state index in [0.717, 1.165) is 49.0 Å². The van der Waals surface area contributed by atoms with Gasteiger partial charge < -0.3 is 9.64 Å². The van der Waals surface area contributed by atoms with Gasteiger partial charge >= 0.3 is 0 Å². The third kappa shape index (κ3) is 4.14. The number of methoxy groups -OCH3 is 1. The van der Waals surface area contributed by atoms with Crippen LogP contribution in [0.4, 0.5) is 0 Å². The van der Waals surface area contributed by atoms with E-state index in [2.05, 4.69) is 14.9 Å². The van der Waals surface area contributed by atoms with E-state index in [0.29, 0.717) is 0 Å². The Balaban J connectivity index is 1.78. The molecule has 0 radical (unpaired) electrons. The summed E-state index contributed by atoms with van der Waals surface area (Å²) in [4.78, 5) is 25.0. The Kier molecular flexibility index (Phi) is 5.28. The highest BCUT2D eigenvalue weighted by molar-refractivity contribution is 5.74. The van der Waals surface area contributed by atoms with Crippen molar-refractivity contribution in [3.05, 3.63) is 53.6 Å². The van der Waals surface area contributed by atoms with Crippen molar-refractivity contribution in [3.63, 3.8) is 0 Å². The summed E-state index contributed by atoms with van der Waals surface area (Å²) in [6.45, 7) is 6.65. The third-order valence-electron chi connectivity index (χ3n) is 4.59. The zero-order valence-corrected chi connectivity index (χ0v) is 15.0. The maximum atomic E-state index is 12.1. The standard InChI is InChI=1S/C19H24N4O2/c1-14-20-9-8-17(21-14)12-22-10-11-23(15(2)24)19(13-22)16-4-6-18(25-3)7-5-16/h4-9,19H,10-13H2,1-3H3/t19-/m1/s1. The molecule has 6 nitrogen and oxygen atoms in total. The van der Waals surface area contributed by atoms with Crippen molar-refractivity contribution in [2.45, 2.75) is 26.4 Å². The highest BCUT2D eigenvalue weighted by atomic mass is 16.5. The summed E-state index contributed by atoms with van der Waals surface area (Å²) in [6, 6.07) is 9.96. The molecule has 6 heteroatoms. The number of piperazine rings is 1. The Hall–Kier alpha value is -2.47. The molecule has 25 heavy (non-hydrogen) atoms. The molecule has 1 aliphatic rings. The Morgan fingerprint density at radius 2 is 2.00 bits per heavy atom. The van der Waals surface area contributed by atoms with E-state index < -0.39 is 0 Å². The molecular formula is C19H24N4O2. The van der Waals surface area contributed by atoms with Gasteiger partial charge in [-0.3, -0.25) is 9.69 Å². The lowest BCUT2D eigenvalue weighted by Gasteiger charge is -2.41. The summed E-state index contributed by atoms with van der Waals surface area (Å²) in [6.07, 6.45) is 1.80. The molecule has 1 aromatic carbocycles. The quantitative estimate of drug-likeness (QED) is 0.854. The topological polar surface area (TPSA) is 58.6 Å². The van der Waals surface area contributed by atoms with Gasteiger partial charge in [0.1, 0.15) is 11.6 Å². The first-order chi connectivity index (χ1) is 12.1. The van der Waals surface area contributed by atoms with E-state index in [4.69, 9.17) is 4.74 Å². The van der Waals surface area contributed by atoms with Crippen molar-refractivity contribution in [2.24, 2.45) is 0 Å². The minimum Gasteiger partial charge on any atom is -0.497 e. The minimum absolute atomic E-state index is 0.0418. The first kappa shape index (κ1) is 17.4. The lowest BCUT2D eigenvalue weighted by molar-refractivity contribution is -0.134. The van der Waals surface area contributed by atoms with Crippen LogP contribution in [-0.4, -0.2) is 52.4 Å². The molecule has 2 heterocycles. The summed E-state index contributed by atoms with van der Waals surface area (Å²) in [5, 5.41) is 0. The van der Waals surface area contributed by atoms with Crippen molar-refractivity contribution in [1.82, 2.24) is 19.8 Å². The van der Waals surface area contributed by atoms with Gasteiger partial charge in [-0.05, 0) is 30.7 Å². The Morgan fingerprint density at radius 1 is 1.24 bits per heavy atom. The summed E-state index contributed by atoms with van der Waals surface area (Å²) >= 11 is 0. The van der Waals surface area contributed by atoms with Gasteiger partial charge in [0, 0.05) is 39.3 Å². The van der Waals surface area contributed by atoms with Gasteiger partial charge in [0.15, 0.2) is 0 Å². The van der Waals surface area contributed by atoms with E-state index in [9.17, 15) is 4.79 Å². The molecule has 132 valence electrons. The molecule has 1 aliphatic heterocycles. The number of carbonyl (C=O) groups is 1. The molecule has 2 aromatic rings. The zero-order valence-electron chi connectivity index (χ0n) is 15.0. The number of aromatic nitrogens is 2. The van der Waals surface area contributed by atoms with Crippen LogP contribution < -0.4 is 4.74 Å². The van der Waals surface area contributed by atoms with Gasteiger partial charge in [0.2, 0.25) is 5.91 Å². The average molecular weight is 340 g/mol. The maximum absolute atomic E-state index is 12.1. The fourth-order valence-electron chi connectivity index (χ4n) is 3.29.